The molecular formula is C24H23Cl3N2O4S2. The Morgan fingerprint density at radius 2 is 1.74 bits per heavy atom. The first-order chi connectivity index (χ1) is 16.7. The van der Waals surface area contributed by atoms with Gasteiger partial charge in [-0.15, -0.1) is 0 Å². The fourth-order valence-electron chi connectivity index (χ4n) is 3.35. The van der Waals surface area contributed by atoms with Gasteiger partial charge >= 0.3 is 0 Å². The van der Waals surface area contributed by atoms with Gasteiger partial charge in [-0.05, 0) is 48.7 Å². The Kier molecular flexibility index (Phi) is 10.1. The number of rotatable bonds is 10. The highest BCUT2D eigenvalue weighted by atomic mass is 35.5. The van der Waals surface area contributed by atoms with Gasteiger partial charge in [0.15, 0.2) is 11.5 Å². The van der Waals surface area contributed by atoms with E-state index in [-0.39, 0.29) is 11.8 Å². The second-order valence-corrected chi connectivity index (χ2v) is 10.5. The molecule has 0 radical (unpaired) electrons. The third-order valence-corrected chi connectivity index (χ3v) is 7.56. The van der Waals surface area contributed by atoms with E-state index in [9.17, 15) is 9.59 Å². The average molecular weight is 574 g/mol. The third-order valence-electron chi connectivity index (χ3n) is 5.15. The Hall–Kier alpha value is -1.97. The highest BCUT2D eigenvalue weighted by Gasteiger charge is 2.31. The summed E-state index contributed by atoms with van der Waals surface area (Å²) >= 11 is 24.7. The van der Waals surface area contributed by atoms with Crippen LogP contribution in [0.25, 0.3) is 6.08 Å². The number of nitrogens with zero attached hydrogens (tertiary/aromatic N) is 1. The summed E-state index contributed by atoms with van der Waals surface area (Å²) in [6.07, 6.45) is 4.24. The fraction of sp³-hybridized carbons (Fsp3) is 0.292. The van der Waals surface area contributed by atoms with Gasteiger partial charge < -0.3 is 14.8 Å². The molecule has 1 aliphatic rings. The second-order valence-electron chi connectivity index (χ2n) is 7.55. The van der Waals surface area contributed by atoms with Crippen molar-refractivity contribution in [2.24, 2.45) is 0 Å². The zero-order valence-corrected chi connectivity index (χ0v) is 22.9. The number of benzene rings is 2. The Morgan fingerprint density at radius 3 is 2.46 bits per heavy atom. The monoisotopic (exact) mass is 572 g/mol. The van der Waals surface area contributed by atoms with Gasteiger partial charge in [0.05, 0.1) is 39.9 Å². The molecule has 1 fully saturated rings. The maximum Gasteiger partial charge on any atom is 0.266 e. The quantitative estimate of drug-likeness (QED) is 0.142. The van der Waals surface area contributed by atoms with Gasteiger partial charge in [0.1, 0.15) is 4.32 Å². The predicted molar refractivity (Wildman–Crippen MR) is 148 cm³/mol. The SMILES string of the molecule is COc1ccc(/C=C2\SC(=S)N(CCCCCC(=O)Nc3cc(Cl)c(Cl)cc3Cl)C2=O)cc1OC. The van der Waals surface area contributed by atoms with Gasteiger partial charge in [-0.3, -0.25) is 14.5 Å². The average Bonchev–Trinajstić information content (AvgIpc) is 3.09. The topological polar surface area (TPSA) is 67.9 Å². The molecular weight excluding hydrogens is 551 g/mol. The van der Waals surface area contributed by atoms with Crippen LogP contribution >= 0.6 is 58.8 Å². The minimum absolute atomic E-state index is 0.123. The van der Waals surface area contributed by atoms with Crippen molar-refractivity contribution < 1.29 is 19.1 Å². The minimum Gasteiger partial charge on any atom is -0.493 e. The molecule has 0 atom stereocenters. The van der Waals surface area contributed by atoms with Crippen LogP contribution in [0.5, 0.6) is 11.5 Å². The van der Waals surface area contributed by atoms with Crippen LogP contribution in [0.3, 0.4) is 0 Å². The number of carbonyl (C=O) groups is 2. The predicted octanol–water partition coefficient (Wildman–Crippen LogP) is 7.06. The Labute approximate surface area is 228 Å². The van der Waals surface area contributed by atoms with Gasteiger partial charge in [-0.25, -0.2) is 0 Å². The molecule has 0 spiro atoms. The molecule has 1 aliphatic heterocycles. The van der Waals surface area contributed by atoms with Crippen molar-refractivity contribution in [1.29, 1.82) is 0 Å². The normalized spacial score (nSPS) is 14.5. The van der Waals surface area contributed by atoms with Crippen LogP contribution in [-0.2, 0) is 9.59 Å². The number of thiocarbonyl (C=S) groups is 1. The highest BCUT2D eigenvalue weighted by Crippen LogP contribution is 2.35. The minimum atomic E-state index is -0.172. The molecule has 0 aromatic heterocycles. The van der Waals surface area contributed by atoms with Gasteiger partial charge in [0, 0.05) is 13.0 Å². The fourth-order valence-corrected chi connectivity index (χ4v) is 5.25. The molecule has 11 heteroatoms. The number of hydrogen-bond acceptors (Lipinski definition) is 6. The highest BCUT2D eigenvalue weighted by molar-refractivity contribution is 8.26. The van der Waals surface area contributed by atoms with Crippen molar-refractivity contribution in [3.05, 3.63) is 55.9 Å². The van der Waals surface area contributed by atoms with Crippen molar-refractivity contribution in [3.8, 4) is 11.5 Å². The molecule has 2 amide bonds. The summed E-state index contributed by atoms with van der Waals surface area (Å²) in [7, 11) is 3.13. The molecule has 35 heavy (non-hydrogen) atoms. The van der Waals surface area contributed by atoms with Crippen LogP contribution in [-0.4, -0.2) is 41.8 Å². The molecule has 2 aromatic carbocycles. The van der Waals surface area contributed by atoms with Crippen LogP contribution in [0.1, 0.15) is 31.2 Å². The van der Waals surface area contributed by atoms with E-state index in [2.05, 4.69) is 5.32 Å². The molecule has 1 saturated heterocycles. The van der Waals surface area contributed by atoms with E-state index in [1.807, 2.05) is 12.1 Å². The first-order valence-electron chi connectivity index (χ1n) is 10.6. The van der Waals surface area contributed by atoms with Gasteiger partial charge in [0.25, 0.3) is 5.91 Å². The van der Waals surface area contributed by atoms with E-state index in [4.69, 9.17) is 56.5 Å². The number of nitrogens with one attached hydrogen (secondary N) is 1. The van der Waals surface area contributed by atoms with Gasteiger partial charge in [-0.1, -0.05) is 71.3 Å². The summed E-state index contributed by atoms with van der Waals surface area (Å²) in [5.41, 5.74) is 1.24. The molecule has 6 nitrogen and oxygen atoms in total. The Bertz CT molecular complexity index is 1170. The smallest absolute Gasteiger partial charge is 0.266 e. The maximum atomic E-state index is 12.9. The summed E-state index contributed by atoms with van der Waals surface area (Å²) in [4.78, 5) is 27.2. The molecule has 186 valence electrons. The number of anilines is 1. The van der Waals surface area contributed by atoms with E-state index in [0.717, 1.165) is 18.4 Å². The largest absolute Gasteiger partial charge is 0.493 e. The lowest BCUT2D eigenvalue weighted by molar-refractivity contribution is -0.122. The number of carbonyl (C=O) groups excluding carboxylic acids is 2. The van der Waals surface area contributed by atoms with Gasteiger partial charge in [0.2, 0.25) is 5.91 Å². The number of hydrogen-bond donors (Lipinski definition) is 1. The van der Waals surface area contributed by atoms with E-state index < -0.39 is 0 Å². The van der Waals surface area contributed by atoms with Crippen molar-refractivity contribution in [1.82, 2.24) is 4.90 Å². The molecule has 1 heterocycles. The van der Waals surface area contributed by atoms with Crippen molar-refractivity contribution in [2.45, 2.75) is 25.7 Å². The van der Waals surface area contributed by atoms with Crippen LogP contribution < -0.4 is 14.8 Å². The van der Waals surface area contributed by atoms with Crippen molar-refractivity contribution in [2.75, 3.05) is 26.1 Å². The molecule has 3 rings (SSSR count). The summed E-state index contributed by atoms with van der Waals surface area (Å²) in [6, 6.07) is 8.46. The lowest BCUT2D eigenvalue weighted by Crippen LogP contribution is -2.29. The van der Waals surface area contributed by atoms with Gasteiger partial charge in [-0.2, -0.15) is 0 Å². The standard InChI is InChI=1S/C24H23Cl3N2O4S2/c1-32-19-8-7-14(10-20(19)33-2)11-21-23(31)29(24(34)35-21)9-5-3-4-6-22(30)28-18-13-16(26)15(25)12-17(18)27/h7-8,10-13H,3-6,9H2,1-2H3,(H,28,30)/b21-11-. The number of methoxy groups -OCH3 is 2. The molecule has 0 saturated carbocycles. The van der Waals surface area contributed by atoms with Crippen LogP contribution in [0.2, 0.25) is 15.1 Å². The number of thioether (sulfide) groups is 1. The maximum absolute atomic E-state index is 12.9. The lowest BCUT2D eigenvalue weighted by atomic mass is 10.1. The summed E-state index contributed by atoms with van der Waals surface area (Å²) in [6.45, 7) is 0.494. The number of unbranched alkanes of at least 4 members (excludes halogenated alkanes) is 2. The molecule has 0 aliphatic carbocycles. The molecule has 0 bridgehead atoms. The Balaban J connectivity index is 1.47. The summed E-state index contributed by atoms with van der Waals surface area (Å²) in [5, 5.41) is 3.70. The molecule has 1 N–H and O–H groups in total. The number of halogens is 3. The van der Waals surface area contributed by atoms with E-state index in [1.165, 1.54) is 23.9 Å². The Morgan fingerprint density at radius 1 is 1.03 bits per heavy atom. The van der Waals surface area contributed by atoms with Crippen molar-refractivity contribution >= 4 is 86.7 Å². The van der Waals surface area contributed by atoms with Crippen molar-refractivity contribution in [3.63, 3.8) is 0 Å². The zero-order chi connectivity index (χ0) is 25.5. The van der Waals surface area contributed by atoms with E-state index in [1.54, 1.807) is 31.3 Å². The van der Waals surface area contributed by atoms with Crippen LogP contribution in [0.15, 0.2) is 35.2 Å². The second kappa shape index (κ2) is 12.8. The first kappa shape index (κ1) is 27.6. The van der Waals surface area contributed by atoms with Crippen LogP contribution in [0, 0.1) is 0 Å². The molecule has 0 unspecified atom stereocenters. The number of ether oxygens (including phenoxy) is 2. The number of amides is 2. The third kappa shape index (κ3) is 7.27. The molecule has 2 aromatic rings. The van der Waals surface area contributed by atoms with Crippen LogP contribution in [0.4, 0.5) is 5.69 Å². The summed E-state index contributed by atoms with van der Waals surface area (Å²) in [5.74, 6) is 0.906. The zero-order valence-electron chi connectivity index (χ0n) is 19.0. The van der Waals surface area contributed by atoms with E-state index in [0.29, 0.717) is 60.9 Å². The van der Waals surface area contributed by atoms with E-state index >= 15 is 0 Å². The lowest BCUT2D eigenvalue weighted by Gasteiger charge is -2.14. The summed E-state index contributed by atoms with van der Waals surface area (Å²) < 4.78 is 11.1. The first-order valence-corrected chi connectivity index (χ1v) is 13.0.